The topological polar surface area (TPSA) is 47.6 Å². The van der Waals surface area contributed by atoms with Crippen LogP contribution in [0.2, 0.25) is 0 Å². The van der Waals surface area contributed by atoms with Crippen LogP contribution in [0, 0.1) is 24.7 Å². The summed E-state index contributed by atoms with van der Waals surface area (Å²) in [7, 11) is 0. The van der Waals surface area contributed by atoms with E-state index >= 15 is 0 Å². The number of thioether (sulfide) groups is 1. The highest BCUT2D eigenvalue weighted by Crippen LogP contribution is 2.13. The molecule has 0 aliphatic rings. The van der Waals surface area contributed by atoms with Crippen LogP contribution in [0.3, 0.4) is 0 Å². The van der Waals surface area contributed by atoms with Gasteiger partial charge in [-0.15, -0.1) is 12.8 Å². The lowest BCUT2D eigenvalue weighted by Crippen LogP contribution is -2.53. The number of amides is 1. The van der Waals surface area contributed by atoms with Crippen LogP contribution in [0.1, 0.15) is 84.5 Å². The summed E-state index contributed by atoms with van der Waals surface area (Å²) in [6, 6.07) is 0. The van der Waals surface area contributed by atoms with Crippen LogP contribution in [-0.4, -0.2) is 49.4 Å². The Morgan fingerprint density at radius 1 is 0.867 bits per heavy atom. The van der Waals surface area contributed by atoms with Gasteiger partial charge in [0.15, 0.2) is 0 Å². The zero-order valence-electron chi connectivity index (χ0n) is 19.3. The smallest absolute Gasteiger partial charge is 0.221 e. The third-order valence-corrected chi connectivity index (χ3v) is 5.84. The molecule has 0 saturated heterocycles. The molecule has 1 amide bonds. The van der Waals surface area contributed by atoms with Crippen molar-refractivity contribution < 1.29 is 14.3 Å². The van der Waals surface area contributed by atoms with Crippen molar-refractivity contribution in [1.82, 2.24) is 5.32 Å². The average molecular weight is 438 g/mol. The quantitative estimate of drug-likeness (QED) is 0.198. The molecule has 0 saturated carbocycles. The Morgan fingerprint density at radius 2 is 1.37 bits per heavy atom. The number of nitrogens with one attached hydrogen (secondary N) is 1. The minimum absolute atomic E-state index is 0.00156. The van der Waals surface area contributed by atoms with E-state index < -0.39 is 5.54 Å². The van der Waals surface area contributed by atoms with E-state index in [0.717, 1.165) is 11.5 Å². The summed E-state index contributed by atoms with van der Waals surface area (Å²) in [4.78, 5) is 12.3. The van der Waals surface area contributed by atoms with Crippen molar-refractivity contribution in [2.45, 2.75) is 90.0 Å². The van der Waals surface area contributed by atoms with Crippen LogP contribution in [-0.2, 0) is 14.3 Å². The molecule has 0 aromatic heterocycles. The molecule has 0 rings (SSSR count). The Hall–Kier alpha value is -1.14. The summed E-state index contributed by atoms with van der Waals surface area (Å²) < 4.78 is 10.8. The first-order valence-corrected chi connectivity index (χ1v) is 12.6. The Morgan fingerprint density at radius 3 is 1.87 bits per heavy atom. The van der Waals surface area contributed by atoms with Gasteiger partial charge in [0.05, 0.1) is 18.8 Å². The fourth-order valence-electron chi connectivity index (χ4n) is 3.14. The van der Waals surface area contributed by atoms with Crippen molar-refractivity contribution in [3.63, 3.8) is 0 Å². The zero-order chi connectivity index (χ0) is 22.3. The molecule has 0 aromatic carbocycles. The number of carbonyl (C=O) groups is 1. The van der Waals surface area contributed by atoms with Crippen LogP contribution < -0.4 is 5.32 Å². The Bertz CT molecular complexity index is 476. The largest absolute Gasteiger partial charge is 0.366 e. The molecule has 0 aliphatic heterocycles. The molecular formula is C25H43NO3S. The SMILES string of the molecule is C#CCOCC(C)(COCC#C)NC(=O)CCSCCCCCCCCCCCC. The number of terminal acetylenes is 2. The van der Waals surface area contributed by atoms with Crippen molar-refractivity contribution in [1.29, 1.82) is 0 Å². The molecule has 0 fully saturated rings. The summed E-state index contributed by atoms with van der Waals surface area (Å²) in [5.74, 6) is 6.81. The van der Waals surface area contributed by atoms with Gasteiger partial charge in [-0.2, -0.15) is 11.8 Å². The van der Waals surface area contributed by atoms with E-state index in [2.05, 4.69) is 24.1 Å². The minimum Gasteiger partial charge on any atom is -0.366 e. The van der Waals surface area contributed by atoms with E-state index in [1.54, 1.807) is 0 Å². The molecule has 30 heavy (non-hydrogen) atoms. The highest BCUT2D eigenvalue weighted by molar-refractivity contribution is 7.99. The van der Waals surface area contributed by atoms with Gasteiger partial charge in [0.25, 0.3) is 0 Å². The summed E-state index contributed by atoms with van der Waals surface area (Å²) >= 11 is 1.85. The van der Waals surface area contributed by atoms with E-state index in [4.69, 9.17) is 22.3 Å². The number of ether oxygens (including phenoxy) is 2. The molecule has 0 unspecified atom stereocenters. The van der Waals surface area contributed by atoms with Crippen molar-refractivity contribution in [2.75, 3.05) is 37.9 Å². The highest BCUT2D eigenvalue weighted by atomic mass is 32.2. The molecule has 0 bridgehead atoms. The molecule has 1 N–H and O–H groups in total. The third-order valence-electron chi connectivity index (χ3n) is 4.77. The van der Waals surface area contributed by atoms with Crippen molar-refractivity contribution in [3.8, 4) is 24.7 Å². The van der Waals surface area contributed by atoms with Gasteiger partial charge in [-0.1, -0.05) is 76.6 Å². The van der Waals surface area contributed by atoms with Gasteiger partial charge in [-0.25, -0.2) is 0 Å². The summed E-state index contributed by atoms with van der Waals surface area (Å²) in [6.45, 7) is 5.13. The lowest BCUT2D eigenvalue weighted by atomic mass is 10.1. The van der Waals surface area contributed by atoms with Crippen LogP contribution in [0.25, 0.3) is 0 Å². The molecule has 0 aromatic rings. The predicted molar refractivity (Wildman–Crippen MR) is 130 cm³/mol. The van der Waals surface area contributed by atoms with E-state index in [9.17, 15) is 4.79 Å². The van der Waals surface area contributed by atoms with Gasteiger partial charge in [-0.05, 0) is 19.1 Å². The molecule has 0 atom stereocenters. The van der Waals surface area contributed by atoms with Crippen LogP contribution in [0.4, 0.5) is 0 Å². The normalized spacial score (nSPS) is 11.1. The number of hydrogen-bond donors (Lipinski definition) is 1. The van der Waals surface area contributed by atoms with Crippen molar-refractivity contribution in [3.05, 3.63) is 0 Å². The first-order valence-electron chi connectivity index (χ1n) is 11.5. The lowest BCUT2D eigenvalue weighted by Gasteiger charge is -2.30. The molecule has 0 heterocycles. The molecule has 0 aliphatic carbocycles. The fourth-order valence-corrected chi connectivity index (χ4v) is 4.08. The number of unbranched alkanes of at least 4 members (excludes halogenated alkanes) is 9. The maximum atomic E-state index is 12.3. The molecule has 0 radical (unpaired) electrons. The summed E-state index contributed by atoms with van der Waals surface area (Å²) in [5.41, 5.74) is -0.633. The predicted octanol–water partition coefficient (Wildman–Crippen LogP) is 5.21. The minimum atomic E-state index is -0.633. The molecule has 5 heteroatoms. The Labute approximate surface area is 190 Å². The molecular weight excluding hydrogens is 394 g/mol. The summed E-state index contributed by atoms with van der Waals surface area (Å²) in [5, 5.41) is 3.02. The van der Waals surface area contributed by atoms with Crippen molar-refractivity contribution in [2.24, 2.45) is 0 Å². The fraction of sp³-hybridized carbons (Fsp3) is 0.800. The van der Waals surface area contributed by atoms with Crippen LogP contribution in [0.5, 0.6) is 0 Å². The second-order valence-electron chi connectivity index (χ2n) is 8.05. The van der Waals surface area contributed by atoms with Gasteiger partial charge in [0.2, 0.25) is 5.91 Å². The average Bonchev–Trinajstić information content (AvgIpc) is 2.72. The standard InChI is InChI=1S/C25H43NO3S/c1-5-8-9-10-11-12-13-14-15-16-20-30-21-17-24(27)26-25(4,22-28-18-6-2)23-29-19-7-3/h2-3H,5,8-23H2,1,4H3,(H,26,27). The van der Waals surface area contributed by atoms with Gasteiger partial charge in [-0.3, -0.25) is 4.79 Å². The third kappa shape index (κ3) is 18.9. The first-order chi connectivity index (χ1) is 14.6. The van der Waals surface area contributed by atoms with Crippen LogP contribution >= 0.6 is 11.8 Å². The van der Waals surface area contributed by atoms with E-state index in [0.29, 0.717) is 19.6 Å². The van der Waals surface area contributed by atoms with Crippen molar-refractivity contribution >= 4 is 17.7 Å². The van der Waals surface area contributed by atoms with E-state index in [1.807, 2.05) is 18.7 Å². The van der Waals surface area contributed by atoms with Gasteiger partial charge >= 0.3 is 0 Å². The van der Waals surface area contributed by atoms with Crippen LogP contribution in [0.15, 0.2) is 0 Å². The summed E-state index contributed by atoms with van der Waals surface area (Å²) in [6.07, 6.45) is 24.4. The molecule has 172 valence electrons. The zero-order valence-corrected chi connectivity index (χ0v) is 20.1. The number of rotatable bonds is 21. The first kappa shape index (κ1) is 28.9. The van der Waals surface area contributed by atoms with Gasteiger partial charge in [0, 0.05) is 12.2 Å². The second kappa shape index (κ2) is 21.1. The second-order valence-corrected chi connectivity index (χ2v) is 9.27. The highest BCUT2D eigenvalue weighted by Gasteiger charge is 2.27. The molecule has 0 spiro atoms. The van der Waals surface area contributed by atoms with Gasteiger partial charge in [0.1, 0.15) is 13.2 Å². The Kier molecular flexibility index (Phi) is 20.3. The maximum Gasteiger partial charge on any atom is 0.221 e. The Balaban J connectivity index is 3.77. The monoisotopic (exact) mass is 437 g/mol. The van der Waals surface area contributed by atoms with Gasteiger partial charge < -0.3 is 14.8 Å². The maximum absolute atomic E-state index is 12.3. The van der Waals surface area contributed by atoms with E-state index in [1.165, 1.54) is 64.2 Å². The lowest BCUT2D eigenvalue weighted by molar-refractivity contribution is -0.124. The molecule has 4 nitrogen and oxygen atoms in total. The number of hydrogen-bond acceptors (Lipinski definition) is 4. The van der Waals surface area contributed by atoms with E-state index in [-0.39, 0.29) is 19.1 Å². The number of carbonyl (C=O) groups excluding carboxylic acids is 1.